The highest BCUT2D eigenvalue weighted by Crippen LogP contribution is 2.14. The minimum absolute atomic E-state index is 0.341. The van der Waals surface area contributed by atoms with Crippen LogP contribution in [0.15, 0.2) is 48.5 Å². The summed E-state index contributed by atoms with van der Waals surface area (Å²) in [6.45, 7) is 2.18. The van der Waals surface area contributed by atoms with Crippen LogP contribution in [0.1, 0.15) is 42.1 Å². The molecular formula is C18H19FO2. The van der Waals surface area contributed by atoms with Gasteiger partial charge in [-0.3, -0.25) is 0 Å². The van der Waals surface area contributed by atoms with Crippen molar-refractivity contribution in [3.05, 3.63) is 65.5 Å². The predicted octanol–water partition coefficient (Wildman–Crippen LogP) is 4.78. The van der Waals surface area contributed by atoms with E-state index in [-0.39, 0.29) is 5.82 Å². The van der Waals surface area contributed by atoms with Crippen molar-refractivity contribution in [1.82, 2.24) is 0 Å². The summed E-state index contributed by atoms with van der Waals surface area (Å²) in [6, 6.07) is 12.9. The lowest BCUT2D eigenvalue weighted by molar-refractivity contribution is 0.0734. The molecule has 0 aliphatic carbocycles. The first-order valence-corrected chi connectivity index (χ1v) is 7.25. The second-order valence-electron chi connectivity index (χ2n) is 5.00. The third kappa shape index (κ3) is 4.71. The molecule has 2 nitrogen and oxygen atoms in total. The van der Waals surface area contributed by atoms with E-state index in [0.717, 1.165) is 12.8 Å². The number of benzene rings is 2. The maximum atomic E-state index is 12.8. The molecule has 110 valence electrons. The second kappa shape index (κ2) is 7.58. The molecule has 0 aliphatic heterocycles. The summed E-state index contributed by atoms with van der Waals surface area (Å²) in [5.41, 5.74) is 1.72. The zero-order chi connectivity index (χ0) is 15.1. The highest BCUT2D eigenvalue weighted by atomic mass is 19.1. The van der Waals surface area contributed by atoms with Crippen LogP contribution in [0.4, 0.5) is 4.39 Å². The molecule has 0 amide bonds. The molecule has 3 heteroatoms. The van der Waals surface area contributed by atoms with Crippen LogP contribution in [0, 0.1) is 5.82 Å². The number of hydrogen-bond donors (Lipinski definition) is 0. The lowest BCUT2D eigenvalue weighted by Gasteiger charge is -2.05. The Hall–Kier alpha value is -2.16. The molecule has 0 aliphatic rings. The van der Waals surface area contributed by atoms with Crippen molar-refractivity contribution in [3.8, 4) is 5.75 Å². The Kier molecular flexibility index (Phi) is 5.50. The molecule has 0 unspecified atom stereocenters. The van der Waals surface area contributed by atoms with Gasteiger partial charge in [-0.2, -0.15) is 0 Å². The third-order valence-corrected chi connectivity index (χ3v) is 3.28. The van der Waals surface area contributed by atoms with Gasteiger partial charge in [0.15, 0.2) is 0 Å². The van der Waals surface area contributed by atoms with Gasteiger partial charge in [0, 0.05) is 0 Å². The molecule has 0 radical (unpaired) electrons. The average Bonchev–Trinajstić information content (AvgIpc) is 2.50. The van der Waals surface area contributed by atoms with E-state index < -0.39 is 5.97 Å². The maximum Gasteiger partial charge on any atom is 0.343 e. The fourth-order valence-electron chi connectivity index (χ4n) is 2.06. The van der Waals surface area contributed by atoms with Crippen molar-refractivity contribution >= 4 is 5.97 Å². The summed E-state index contributed by atoms with van der Waals surface area (Å²) in [5.74, 6) is -0.443. The number of carbonyl (C=O) groups excluding carboxylic acids is 1. The molecule has 0 bridgehead atoms. The fraction of sp³-hybridized carbons (Fsp3) is 0.278. The second-order valence-corrected chi connectivity index (χ2v) is 5.00. The van der Waals surface area contributed by atoms with Gasteiger partial charge in [-0.05, 0) is 54.8 Å². The lowest BCUT2D eigenvalue weighted by Crippen LogP contribution is -2.08. The quantitative estimate of drug-likeness (QED) is 0.434. The van der Waals surface area contributed by atoms with Gasteiger partial charge in [0.2, 0.25) is 0 Å². The van der Waals surface area contributed by atoms with Crippen LogP contribution in [-0.2, 0) is 6.42 Å². The van der Waals surface area contributed by atoms with Gasteiger partial charge < -0.3 is 4.74 Å². The molecule has 0 saturated heterocycles. The first-order chi connectivity index (χ1) is 10.2. The van der Waals surface area contributed by atoms with Crippen molar-refractivity contribution in [2.24, 2.45) is 0 Å². The molecule has 0 aromatic heterocycles. The van der Waals surface area contributed by atoms with Gasteiger partial charge >= 0.3 is 5.97 Å². The summed E-state index contributed by atoms with van der Waals surface area (Å²) >= 11 is 0. The molecule has 0 spiro atoms. The summed E-state index contributed by atoms with van der Waals surface area (Å²) in [6.07, 6.45) is 4.60. The SMILES string of the molecule is CCCCCc1ccc(C(=O)Oc2ccc(F)cc2)cc1. The first-order valence-electron chi connectivity index (χ1n) is 7.25. The van der Waals surface area contributed by atoms with Gasteiger partial charge in [0.1, 0.15) is 11.6 Å². The monoisotopic (exact) mass is 286 g/mol. The Morgan fingerprint density at radius 2 is 1.67 bits per heavy atom. The van der Waals surface area contributed by atoms with E-state index in [2.05, 4.69) is 6.92 Å². The van der Waals surface area contributed by atoms with E-state index in [1.54, 1.807) is 12.1 Å². The van der Waals surface area contributed by atoms with Gasteiger partial charge in [-0.1, -0.05) is 31.9 Å². The fourth-order valence-corrected chi connectivity index (χ4v) is 2.06. The van der Waals surface area contributed by atoms with Crippen LogP contribution in [0.5, 0.6) is 5.75 Å². The molecule has 0 N–H and O–H groups in total. The minimum atomic E-state index is -0.429. The number of esters is 1. The highest BCUT2D eigenvalue weighted by molar-refractivity contribution is 5.91. The van der Waals surface area contributed by atoms with E-state index in [4.69, 9.17) is 4.74 Å². The zero-order valence-electron chi connectivity index (χ0n) is 12.1. The van der Waals surface area contributed by atoms with Crippen molar-refractivity contribution in [3.63, 3.8) is 0 Å². The van der Waals surface area contributed by atoms with Crippen molar-refractivity contribution < 1.29 is 13.9 Å². The molecule has 21 heavy (non-hydrogen) atoms. The Balaban J connectivity index is 1.94. The number of unbranched alkanes of at least 4 members (excludes halogenated alkanes) is 2. The van der Waals surface area contributed by atoms with E-state index in [1.807, 2.05) is 12.1 Å². The Labute approximate surface area is 124 Å². The van der Waals surface area contributed by atoms with Gasteiger partial charge in [0.25, 0.3) is 0 Å². The Morgan fingerprint density at radius 1 is 1.00 bits per heavy atom. The Morgan fingerprint density at radius 3 is 2.29 bits per heavy atom. The molecule has 2 rings (SSSR count). The number of rotatable bonds is 6. The van der Waals surface area contributed by atoms with E-state index >= 15 is 0 Å². The van der Waals surface area contributed by atoms with Crippen LogP contribution in [0.2, 0.25) is 0 Å². The highest BCUT2D eigenvalue weighted by Gasteiger charge is 2.08. The smallest absolute Gasteiger partial charge is 0.343 e. The van der Waals surface area contributed by atoms with E-state index in [0.29, 0.717) is 11.3 Å². The molecule has 0 heterocycles. The summed E-state index contributed by atoms with van der Waals surface area (Å²) in [7, 11) is 0. The topological polar surface area (TPSA) is 26.3 Å². The van der Waals surface area contributed by atoms with Crippen molar-refractivity contribution in [2.75, 3.05) is 0 Å². The third-order valence-electron chi connectivity index (χ3n) is 3.28. The first kappa shape index (κ1) is 15.2. The van der Waals surface area contributed by atoms with Crippen LogP contribution in [0.25, 0.3) is 0 Å². The summed E-state index contributed by atoms with van der Waals surface area (Å²) in [5, 5.41) is 0. The van der Waals surface area contributed by atoms with E-state index in [9.17, 15) is 9.18 Å². The largest absolute Gasteiger partial charge is 0.423 e. The number of aryl methyl sites for hydroxylation is 1. The number of halogens is 1. The normalized spacial score (nSPS) is 10.4. The van der Waals surface area contributed by atoms with Crippen molar-refractivity contribution in [1.29, 1.82) is 0 Å². The van der Waals surface area contributed by atoms with Gasteiger partial charge in [-0.15, -0.1) is 0 Å². The van der Waals surface area contributed by atoms with Crippen molar-refractivity contribution in [2.45, 2.75) is 32.6 Å². The molecule has 2 aromatic rings. The standard InChI is InChI=1S/C18H19FO2/c1-2-3-4-5-14-6-8-15(9-7-14)18(20)21-17-12-10-16(19)11-13-17/h6-13H,2-5H2,1H3. The van der Waals surface area contributed by atoms with Crippen LogP contribution in [-0.4, -0.2) is 5.97 Å². The number of hydrogen-bond acceptors (Lipinski definition) is 2. The van der Waals surface area contributed by atoms with E-state index in [1.165, 1.54) is 42.7 Å². The zero-order valence-corrected chi connectivity index (χ0v) is 12.1. The predicted molar refractivity (Wildman–Crippen MR) is 81.0 cm³/mol. The maximum absolute atomic E-state index is 12.8. The molecule has 0 atom stereocenters. The molecule has 2 aromatic carbocycles. The molecular weight excluding hydrogens is 267 g/mol. The lowest BCUT2D eigenvalue weighted by atomic mass is 10.1. The minimum Gasteiger partial charge on any atom is -0.423 e. The summed E-state index contributed by atoms with van der Waals surface area (Å²) in [4.78, 5) is 12.0. The molecule has 0 fully saturated rings. The molecule has 0 saturated carbocycles. The van der Waals surface area contributed by atoms with Gasteiger partial charge in [-0.25, -0.2) is 9.18 Å². The van der Waals surface area contributed by atoms with Crippen LogP contribution in [0.3, 0.4) is 0 Å². The van der Waals surface area contributed by atoms with Crippen LogP contribution < -0.4 is 4.74 Å². The van der Waals surface area contributed by atoms with Gasteiger partial charge in [0.05, 0.1) is 5.56 Å². The number of ether oxygens (including phenoxy) is 1. The average molecular weight is 286 g/mol. The Bertz CT molecular complexity index is 573. The summed E-state index contributed by atoms with van der Waals surface area (Å²) < 4.78 is 18.0. The van der Waals surface area contributed by atoms with Crippen LogP contribution >= 0.6 is 0 Å². The number of carbonyl (C=O) groups is 1.